The number of benzene rings is 1. The molecular formula is C21H26N6O. The zero-order valence-electron chi connectivity index (χ0n) is 16.7. The Hall–Kier alpha value is -3.22. The molecule has 0 aliphatic carbocycles. The third-order valence-electron chi connectivity index (χ3n) is 4.13. The van der Waals surface area contributed by atoms with Crippen molar-refractivity contribution in [2.75, 3.05) is 10.6 Å². The molecule has 0 saturated carbocycles. The van der Waals surface area contributed by atoms with Gasteiger partial charge in [-0.05, 0) is 43.5 Å². The van der Waals surface area contributed by atoms with Gasteiger partial charge in [0.1, 0.15) is 5.82 Å². The Morgan fingerprint density at radius 2 is 2.00 bits per heavy atom. The second kappa shape index (κ2) is 8.65. The molecule has 0 aliphatic rings. The molecule has 0 bridgehead atoms. The van der Waals surface area contributed by atoms with E-state index < -0.39 is 0 Å². The number of hydrogen-bond donors (Lipinski definition) is 2. The van der Waals surface area contributed by atoms with Gasteiger partial charge in [-0.1, -0.05) is 26.0 Å². The number of nitrogens with zero attached hydrogens (tertiary/aromatic N) is 4. The number of anilines is 2. The van der Waals surface area contributed by atoms with E-state index in [1.54, 1.807) is 17.1 Å². The smallest absolute Gasteiger partial charge is 0.224 e. The number of carbonyl (C=O) groups excluding carboxylic acids is 1. The Kier molecular flexibility index (Phi) is 6.03. The van der Waals surface area contributed by atoms with Gasteiger partial charge in [-0.2, -0.15) is 5.10 Å². The molecule has 2 aromatic heterocycles. The fourth-order valence-electron chi connectivity index (χ4n) is 2.94. The van der Waals surface area contributed by atoms with Gasteiger partial charge >= 0.3 is 0 Å². The van der Waals surface area contributed by atoms with Crippen LogP contribution in [-0.4, -0.2) is 25.7 Å². The summed E-state index contributed by atoms with van der Waals surface area (Å²) in [6.45, 7) is 8.57. The molecular weight excluding hydrogens is 352 g/mol. The van der Waals surface area contributed by atoms with Crippen molar-refractivity contribution in [2.24, 2.45) is 5.92 Å². The monoisotopic (exact) mass is 378 g/mol. The topological polar surface area (TPSA) is 84.7 Å². The lowest BCUT2D eigenvalue weighted by atomic mass is 10.1. The highest BCUT2D eigenvalue weighted by molar-refractivity contribution is 5.90. The molecule has 0 fully saturated rings. The third-order valence-corrected chi connectivity index (χ3v) is 4.13. The number of amides is 1. The largest absolute Gasteiger partial charge is 0.365 e. The second-order valence-electron chi connectivity index (χ2n) is 7.30. The summed E-state index contributed by atoms with van der Waals surface area (Å²) in [5.41, 5.74) is 3.79. The Bertz CT molecular complexity index is 963. The summed E-state index contributed by atoms with van der Waals surface area (Å²) in [5.74, 6) is 1.70. The molecule has 0 aliphatic heterocycles. The van der Waals surface area contributed by atoms with Crippen molar-refractivity contribution in [2.45, 2.75) is 40.7 Å². The molecule has 28 heavy (non-hydrogen) atoms. The molecule has 3 rings (SSSR count). The number of rotatable bonds is 7. The first-order chi connectivity index (χ1) is 13.4. The van der Waals surface area contributed by atoms with Gasteiger partial charge in [0.25, 0.3) is 0 Å². The Morgan fingerprint density at radius 3 is 2.71 bits per heavy atom. The van der Waals surface area contributed by atoms with Gasteiger partial charge in [-0.15, -0.1) is 0 Å². The van der Waals surface area contributed by atoms with Crippen LogP contribution in [0.15, 0.2) is 42.7 Å². The highest BCUT2D eigenvalue weighted by atomic mass is 16.1. The standard InChI is InChI=1S/C21H26N6O/c1-14(2)8-21(28)24-18-7-5-6-17(10-18)11-23-19-12-22-13-20(25-19)27-16(4)9-15(3)26-27/h5-7,9-10,12-14H,8,11H2,1-4H3,(H,23,25)(H,24,28). The van der Waals surface area contributed by atoms with Gasteiger partial charge in [0.05, 0.1) is 18.1 Å². The van der Waals surface area contributed by atoms with E-state index in [0.717, 1.165) is 22.6 Å². The van der Waals surface area contributed by atoms with Gasteiger partial charge < -0.3 is 10.6 Å². The van der Waals surface area contributed by atoms with Crippen LogP contribution in [0.25, 0.3) is 5.82 Å². The number of aromatic nitrogens is 4. The maximum atomic E-state index is 12.0. The molecule has 146 valence electrons. The number of hydrogen-bond acceptors (Lipinski definition) is 5. The van der Waals surface area contributed by atoms with Crippen LogP contribution in [0.2, 0.25) is 0 Å². The van der Waals surface area contributed by atoms with E-state index in [-0.39, 0.29) is 5.91 Å². The van der Waals surface area contributed by atoms with Crippen LogP contribution in [0.1, 0.15) is 37.2 Å². The van der Waals surface area contributed by atoms with Crippen LogP contribution in [0.5, 0.6) is 0 Å². The van der Waals surface area contributed by atoms with Crippen LogP contribution in [0.3, 0.4) is 0 Å². The molecule has 1 amide bonds. The summed E-state index contributed by atoms with van der Waals surface area (Å²) < 4.78 is 1.78. The highest BCUT2D eigenvalue weighted by Gasteiger charge is 2.08. The molecule has 3 aromatic rings. The molecule has 2 heterocycles. The van der Waals surface area contributed by atoms with E-state index >= 15 is 0 Å². The average Bonchev–Trinajstić information content (AvgIpc) is 2.98. The van der Waals surface area contributed by atoms with Crippen molar-refractivity contribution in [1.82, 2.24) is 19.7 Å². The van der Waals surface area contributed by atoms with Crippen molar-refractivity contribution < 1.29 is 4.79 Å². The predicted octanol–water partition coefficient (Wildman–Crippen LogP) is 3.88. The van der Waals surface area contributed by atoms with Crippen LogP contribution in [0, 0.1) is 19.8 Å². The molecule has 0 spiro atoms. The van der Waals surface area contributed by atoms with Gasteiger partial charge in [-0.25, -0.2) is 9.67 Å². The molecule has 0 radical (unpaired) electrons. The van der Waals surface area contributed by atoms with Gasteiger partial charge in [0.15, 0.2) is 5.82 Å². The van der Waals surface area contributed by atoms with Crippen molar-refractivity contribution in [3.63, 3.8) is 0 Å². The van der Waals surface area contributed by atoms with Crippen LogP contribution in [0.4, 0.5) is 11.5 Å². The third kappa shape index (κ3) is 5.16. The molecule has 7 heteroatoms. The molecule has 0 atom stereocenters. The fourth-order valence-corrected chi connectivity index (χ4v) is 2.94. The number of nitrogens with one attached hydrogen (secondary N) is 2. The zero-order chi connectivity index (χ0) is 20.1. The van der Waals surface area contributed by atoms with E-state index in [0.29, 0.717) is 30.5 Å². The fraction of sp³-hybridized carbons (Fsp3) is 0.333. The minimum absolute atomic E-state index is 0.0311. The lowest BCUT2D eigenvalue weighted by Crippen LogP contribution is -2.14. The van der Waals surface area contributed by atoms with Gasteiger partial charge in [0, 0.05) is 24.3 Å². The lowest BCUT2D eigenvalue weighted by molar-refractivity contribution is -0.116. The normalized spacial score (nSPS) is 10.9. The SMILES string of the molecule is Cc1cc(C)n(-c2cncc(NCc3cccc(NC(=O)CC(C)C)c3)n2)n1. The molecule has 7 nitrogen and oxygen atoms in total. The summed E-state index contributed by atoms with van der Waals surface area (Å²) >= 11 is 0. The van der Waals surface area contributed by atoms with E-state index in [2.05, 4.69) is 25.7 Å². The molecule has 0 saturated heterocycles. The van der Waals surface area contributed by atoms with Crippen LogP contribution >= 0.6 is 0 Å². The summed E-state index contributed by atoms with van der Waals surface area (Å²) in [6.07, 6.45) is 3.89. The summed E-state index contributed by atoms with van der Waals surface area (Å²) in [5, 5.41) is 10.7. The molecule has 1 aromatic carbocycles. The second-order valence-corrected chi connectivity index (χ2v) is 7.30. The summed E-state index contributed by atoms with van der Waals surface area (Å²) in [7, 11) is 0. The maximum absolute atomic E-state index is 12.0. The van der Waals surface area contributed by atoms with E-state index in [1.807, 2.05) is 58.0 Å². The van der Waals surface area contributed by atoms with Gasteiger partial charge in [-0.3, -0.25) is 9.78 Å². The summed E-state index contributed by atoms with van der Waals surface area (Å²) in [6, 6.07) is 9.79. The first kappa shape index (κ1) is 19.5. The molecule has 0 unspecified atom stereocenters. The molecule has 2 N–H and O–H groups in total. The Morgan fingerprint density at radius 1 is 1.18 bits per heavy atom. The van der Waals surface area contributed by atoms with Crippen molar-refractivity contribution >= 4 is 17.4 Å². The average molecular weight is 378 g/mol. The van der Waals surface area contributed by atoms with E-state index in [4.69, 9.17) is 0 Å². The number of aryl methyl sites for hydroxylation is 2. The van der Waals surface area contributed by atoms with E-state index in [9.17, 15) is 4.79 Å². The Balaban J connectivity index is 1.66. The van der Waals surface area contributed by atoms with Gasteiger partial charge in [0.2, 0.25) is 5.91 Å². The maximum Gasteiger partial charge on any atom is 0.224 e. The number of carbonyl (C=O) groups is 1. The van der Waals surface area contributed by atoms with Crippen LogP contribution < -0.4 is 10.6 Å². The Labute approximate surface area is 165 Å². The first-order valence-electron chi connectivity index (χ1n) is 9.39. The zero-order valence-corrected chi connectivity index (χ0v) is 16.7. The minimum atomic E-state index is 0.0311. The quantitative estimate of drug-likeness (QED) is 0.652. The van der Waals surface area contributed by atoms with Crippen molar-refractivity contribution in [3.05, 3.63) is 59.7 Å². The predicted molar refractivity (Wildman–Crippen MR) is 110 cm³/mol. The van der Waals surface area contributed by atoms with Crippen molar-refractivity contribution in [3.8, 4) is 5.82 Å². The summed E-state index contributed by atoms with van der Waals surface area (Å²) in [4.78, 5) is 20.8. The highest BCUT2D eigenvalue weighted by Crippen LogP contribution is 2.15. The minimum Gasteiger partial charge on any atom is -0.365 e. The van der Waals surface area contributed by atoms with E-state index in [1.165, 1.54) is 0 Å². The van der Waals surface area contributed by atoms with Crippen molar-refractivity contribution in [1.29, 1.82) is 0 Å². The first-order valence-corrected chi connectivity index (χ1v) is 9.39. The van der Waals surface area contributed by atoms with Crippen LogP contribution in [-0.2, 0) is 11.3 Å². The lowest BCUT2D eigenvalue weighted by Gasteiger charge is -2.10.